The molecular formula is C13H21FN2O2S. The summed E-state index contributed by atoms with van der Waals surface area (Å²) in [6.07, 6.45) is 0.933. The monoisotopic (exact) mass is 288 g/mol. The van der Waals surface area contributed by atoms with Crippen molar-refractivity contribution in [2.75, 3.05) is 25.4 Å². The van der Waals surface area contributed by atoms with Crippen LogP contribution in [0.2, 0.25) is 0 Å². The van der Waals surface area contributed by atoms with E-state index in [1.54, 1.807) is 18.2 Å². The Labute approximate surface area is 114 Å². The lowest BCUT2D eigenvalue weighted by molar-refractivity contribution is 0.572. The van der Waals surface area contributed by atoms with E-state index in [4.69, 9.17) is 0 Å². The molecule has 108 valence electrons. The molecule has 6 heteroatoms. The molecule has 0 aliphatic rings. The van der Waals surface area contributed by atoms with Gasteiger partial charge in [-0.15, -0.1) is 0 Å². The van der Waals surface area contributed by atoms with Gasteiger partial charge in [0.25, 0.3) is 0 Å². The van der Waals surface area contributed by atoms with Gasteiger partial charge in [0.2, 0.25) is 10.0 Å². The maximum atomic E-state index is 13.3. The normalized spacial score (nSPS) is 11.7. The van der Waals surface area contributed by atoms with Crippen LogP contribution in [0.5, 0.6) is 0 Å². The summed E-state index contributed by atoms with van der Waals surface area (Å²) in [5.41, 5.74) is 0.526. The summed E-state index contributed by atoms with van der Waals surface area (Å²) in [5, 5.41) is 3.07. The first-order chi connectivity index (χ1) is 9.05. The Hall–Kier alpha value is -0.980. The third kappa shape index (κ3) is 6.66. The summed E-state index contributed by atoms with van der Waals surface area (Å²) in [6, 6.07) is 6.39. The SMILES string of the molecule is CCNCCCS(=O)(=O)NCCc1ccccc1F. The quantitative estimate of drug-likeness (QED) is 0.673. The molecule has 1 rings (SSSR count). The Morgan fingerprint density at radius 1 is 1.21 bits per heavy atom. The van der Waals surface area contributed by atoms with Gasteiger partial charge in [0, 0.05) is 6.54 Å². The lowest BCUT2D eigenvalue weighted by atomic mass is 10.1. The van der Waals surface area contributed by atoms with E-state index in [1.165, 1.54) is 6.07 Å². The van der Waals surface area contributed by atoms with Gasteiger partial charge >= 0.3 is 0 Å². The van der Waals surface area contributed by atoms with Crippen molar-refractivity contribution in [3.05, 3.63) is 35.6 Å². The fourth-order valence-corrected chi connectivity index (χ4v) is 2.76. The van der Waals surface area contributed by atoms with Crippen molar-refractivity contribution in [1.29, 1.82) is 0 Å². The summed E-state index contributed by atoms with van der Waals surface area (Å²) in [5.74, 6) is -0.203. The van der Waals surface area contributed by atoms with Gasteiger partial charge in [-0.05, 0) is 37.6 Å². The number of nitrogens with one attached hydrogen (secondary N) is 2. The van der Waals surface area contributed by atoms with Crippen LogP contribution in [0.4, 0.5) is 4.39 Å². The first-order valence-electron chi connectivity index (χ1n) is 6.46. The summed E-state index contributed by atoms with van der Waals surface area (Å²) >= 11 is 0. The van der Waals surface area contributed by atoms with Gasteiger partial charge in [-0.3, -0.25) is 0 Å². The van der Waals surface area contributed by atoms with Crippen LogP contribution in [0.15, 0.2) is 24.3 Å². The van der Waals surface area contributed by atoms with Gasteiger partial charge in [-0.25, -0.2) is 17.5 Å². The van der Waals surface area contributed by atoms with Crippen LogP contribution >= 0.6 is 0 Å². The number of sulfonamides is 1. The van der Waals surface area contributed by atoms with Crippen molar-refractivity contribution >= 4 is 10.0 Å². The lowest BCUT2D eigenvalue weighted by Gasteiger charge is -2.07. The van der Waals surface area contributed by atoms with Crippen LogP contribution in [-0.4, -0.2) is 33.8 Å². The van der Waals surface area contributed by atoms with Crippen LogP contribution < -0.4 is 10.0 Å². The highest BCUT2D eigenvalue weighted by Gasteiger charge is 2.09. The van der Waals surface area contributed by atoms with E-state index in [9.17, 15) is 12.8 Å². The molecule has 0 radical (unpaired) electrons. The molecule has 1 aromatic carbocycles. The molecule has 1 aromatic rings. The molecule has 19 heavy (non-hydrogen) atoms. The van der Waals surface area contributed by atoms with E-state index in [0.29, 0.717) is 24.9 Å². The van der Waals surface area contributed by atoms with Gasteiger partial charge in [-0.2, -0.15) is 0 Å². The first-order valence-corrected chi connectivity index (χ1v) is 8.12. The fourth-order valence-electron chi connectivity index (χ4n) is 1.68. The van der Waals surface area contributed by atoms with Crippen LogP contribution in [0, 0.1) is 5.82 Å². The van der Waals surface area contributed by atoms with Gasteiger partial charge in [-0.1, -0.05) is 25.1 Å². The summed E-state index contributed by atoms with van der Waals surface area (Å²) in [7, 11) is -3.26. The highest BCUT2D eigenvalue weighted by Crippen LogP contribution is 2.06. The molecule has 0 fully saturated rings. The molecule has 0 aromatic heterocycles. The Morgan fingerprint density at radius 2 is 1.95 bits per heavy atom. The molecule has 0 heterocycles. The molecule has 0 aliphatic heterocycles. The zero-order valence-corrected chi connectivity index (χ0v) is 12.0. The van der Waals surface area contributed by atoms with Gasteiger partial charge < -0.3 is 5.32 Å². The van der Waals surface area contributed by atoms with Gasteiger partial charge in [0.05, 0.1) is 5.75 Å². The highest BCUT2D eigenvalue weighted by molar-refractivity contribution is 7.89. The van der Waals surface area contributed by atoms with E-state index in [0.717, 1.165) is 6.54 Å². The minimum absolute atomic E-state index is 0.0945. The van der Waals surface area contributed by atoms with Crippen molar-refractivity contribution in [2.45, 2.75) is 19.8 Å². The third-order valence-corrected chi connectivity index (χ3v) is 4.16. The molecular weight excluding hydrogens is 267 g/mol. The maximum absolute atomic E-state index is 13.3. The highest BCUT2D eigenvalue weighted by atomic mass is 32.2. The standard InChI is InChI=1S/C13H21FN2O2S/c1-2-15-9-5-11-19(17,18)16-10-8-12-6-3-4-7-13(12)14/h3-4,6-7,15-16H,2,5,8-11H2,1H3. The molecule has 0 spiro atoms. The second-order valence-electron chi connectivity index (χ2n) is 4.26. The number of hydrogen-bond acceptors (Lipinski definition) is 3. The zero-order valence-electron chi connectivity index (χ0n) is 11.2. The van der Waals surface area contributed by atoms with Crippen LogP contribution in [0.1, 0.15) is 18.9 Å². The molecule has 0 saturated carbocycles. The summed E-state index contributed by atoms with van der Waals surface area (Å²) in [6.45, 7) is 3.72. The predicted molar refractivity (Wildman–Crippen MR) is 75.1 cm³/mol. The molecule has 0 saturated heterocycles. The number of benzene rings is 1. The predicted octanol–water partition coefficient (Wildman–Crippen LogP) is 1.29. The Morgan fingerprint density at radius 3 is 2.63 bits per heavy atom. The number of halogens is 1. The molecule has 0 atom stereocenters. The third-order valence-electron chi connectivity index (χ3n) is 2.69. The average molecular weight is 288 g/mol. The van der Waals surface area contributed by atoms with Crippen LogP contribution in [0.3, 0.4) is 0 Å². The second-order valence-corrected chi connectivity index (χ2v) is 6.19. The first kappa shape index (κ1) is 16.1. The van der Waals surface area contributed by atoms with Crippen molar-refractivity contribution in [3.63, 3.8) is 0 Å². The number of rotatable bonds is 9. The van der Waals surface area contributed by atoms with Crippen LogP contribution in [-0.2, 0) is 16.4 Å². The Bertz CT molecular complexity index is 477. The van der Waals surface area contributed by atoms with Crippen LogP contribution in [0.25, 0.3) is 0 Å². The van der Waals surface area contributed by atoms with Crippen molar-refractivity contribution < 1.29 is 12.8 Å². The van der Waals surface area contributed by atoms with E-state index < -0.39 is 10.0 Å². The second kappa shape index (κ2) is 8.24. The molecule has 0 aliphatic carbocycles. The van der Waals surface area contributed by atoms with Gasteiger partial charge in [0.1, 0.15) is 5.82 Å². The summed E-state index contributed by atoms with van der Waals surface area (Å²) in [4.78, 5) is 0. The molecule has 2 N–H and O–H groups in total. The Kier molecular flexibility index (Phi) is 6.97. The largest absolute Gasteiger partial charge is 0.317 e. The number of hydrogen-bond donors (Lipinski definition) is 2. The fraction of sp³-hybridized carbons (Fsp3) is 0.538. The average Bonchev–Trinajstić information content (AvgIpc) is 2.37. The van der Waals surface area contributed by atoms with E-state index in [2.05, 4.69) is 10.0 Å². The topological polar surface area (TPSA) is 58.2 Å². The maximum Gasteiger partial charge on any atom is 0.211 e. The Balaban J connectivity index is 2.30. The molecule has 4 nitrogen and oxygen atoms in total. The minimum atomic E-state index is -3.26. The van der Waals surface area contributed by atoms with Crippen molar-refractivity contribution in [2.24, 2.45) is 0 Å². The molecule has 0 bridgehead atoms. The van der Waals surface area contributed by atoms with E-state index >= 15 is 0 Å². The van der Waals surface area contributed by atoms with Crippen molar-refractivity contribution in [3.8, 4) is 0 Å². The lowest BCUT2D eigenvalue weighted by Crippen LogP contribution is -2.30. The van der Waals surface area contributed by atoms with Crippen molar-refractivity contribution in [1.82, 2.24) is 10.0 Å². The van der Waals surface area contributed by atoms with Gasteiger partial charge in [0.15, 0.2) is 0 Å². The summed E-state index contributed by atoms with van der Waals surface area (Å²) < 4.78 is 39.1. The van der Waals surface area contributed by atoms with E-state index in [-0.39, 0.29) is 18.1 Å². The zero-order chi connectivity index (χ0) is 14.1. The van der Waals surface area contributed by atoms with E-state index in [1.807, 2.05) is 6.92 Å². The minimum Gasteiger partial charge on any atom is -0.317 e. The molecule has 0 amide bonds. The molecule has 0 unspecified atom stereocenters. The smallest absolute Gasteiger partial charge is 0.211 e.